The van der Waals surface area contributed by atoms with Gasteiger partial charge in [0, 0.05) is 33.8 Å². The standard InChI is InChI=1S/C27H16ClF3N4O5S/c1-13-34-20-10-16(40-27(29,30)31)8-14(11-32)22(20)25(36)35(13)6-7-39-21-3-2-15(28)9-18(21)17-4-5-33-23-19(26(37)38)12-41-24(17)23/h2-5,8-10,12H,6-7H2,1H3,(H,37,38). The number of benzene rings is 2. The lowest BCUT2D eigenvalue weighted by atomic mass is 10.0. The van der Waals surface area contributed by atoms with Gasteiger partial charge in [-0.2, -0.15) is 5.26 Å². The maximum atomic E-state index is 13.3. The molecule has 3 aromatic heterocycles. The summed E-state index contributed by atoms with van der Waals surface area (Å²) in [6.45, 7) is 1.47. The van der Waals surface area contributed by atoms with E-state index < -0.39 is 23.6 Å². The van der Waals surface area contributed by atoms with E-state index in [1.54, 1.807) is 30.3 Å². The maximum absolute atomic E-state index is 13.3. The molecule has 0 bridgehead atoms. The number of aromatic nitrogens is 3. The van der Waals surface area contributed by atoms with Crippen LogP contribution < -0.4 is 15.0 Å². The highest BCUT2D eigenvalue weighted by Gasteiger charge is 2.32. The molecule has 2 aromatic carbocycles. The van der Waals surface area contributed by atoms with E-state index in [-0.39, 0.29) is 41.0 Å². The van der Waals surface area contributed by atoms with E-state index in [1.165, 1.54) is 34.4 Å². The molecule has 0 unspecified atom stereocenters. The summed E-state index contributed by atoms with van der Waals surface area (Å²) >= 11 is 7.48. The fourth-order valence-corrected chi connectivity index (χ4v) is 5.56. The van der Waals surface area contributed by atoms with Crippen LogP contribution >= 0.6 is 22.9 Å². The Morgan fingerprint density at radius 2 is 2.00 bits per heavy atom. The molecule has 0 atom stereocenters. The fraction of sp³-hybridized carbons (Fsp3) is 0.148. The molecule has 41 heavy (non-hydrogen) atoms. The Bertz CT molecular complexity index is 1950. The zero-order valence-electron chi connectivity index (χ0n) is 20.8. The summed E-state index contributed by atoms with van der Waals surface area (Å²) in [4.78, 5) is 33.3. The Balaban J connectivity index is 1.47. The van der Waals surface area contributed by atoms with Gasteiger partial charge in [-0.05, 0) is 37.3 Å². The number of ether oxygens (including phenoxy) is 2. The Morgan fingerprint density at radius 3 is 2.71 bits per heavy atom. The van der Waals surface area contributed by atoms with Crippen molar-refractivity contribution < 1.29 is 32.5 Å². The molecule has 5 rings (SSSR count). The second kappa shape index (κ2) is 10.7. The van der Waals surface area contributed by atoms with Crippen LogP contribution in [-0.4, -0.2) is 38.6 Å². The van der Waals surface area contributed by atoms with Gasteiger partial charge in [0.25, 0.3) is 5.56 Å². The number of fused-ring (bicyclic) bond motifs is 2. The highest BCUT2D eigenvalue weighted by molar-refractivity contribution is 7.18. The van der Waals surface area contributed by atoms with Gasteiger partial charge in [-0.15, -0.1) is 24.5 Å². The summed E-state index contributed by atoms with van der Waals surface area (Å²) in [5.41, 5.74) is 0.581. The average molecular weight is 601 g/mol. The van der Waals surface area contributed by atoms with Gasteiger partial charge in [0.15, 0.2) is 0 Å². The van der Waals surface area contributed by atoms with Crippen molar-refractivity contribution in [2.75, 3.05) is 6.61 Å². The van der Waals surface area contributed by atoms with E-state index in [9.17, 15) is 33.1 Å². The number of nitrogens with zero attached hydrogens (tertiary/aromatic N) is 4. The largest absolute Gasteiger partial charge is 0.573 e. The lowest BCUT2D eigenvalue weighted by Gasteiger charge is -2.16. The van der Waals surface area contributed by atoms with Gasteiger partial charge in [0.05, 0.1) is 38.8 Å². The van der Waals surface area contributed by atoms with Gasteiger partial charge in [0.2, 0.25) is 0 Å². The van der Waals surface area contributed by atoms with E-state index >= 15 is 0 Å². The summed E-state index contributed by atoms with van der Waals surface area (Å²) in [6.07, 6.45) is -3.49. The molecule has 0 saturated heterocycles. The van der Waals surface area contributed by atoms with E-state index in [1.807, 2.05) is 0 Å². The van der Waals surface area contributed by atoms with Gasteiger partial charge in [-0.1, -0.05) is 11.6 Å². The van der Waals surface area contributed by atoms with Crippen LogP contribution in [-0.2, 0) is 6.54 Å². The number of hydrogen-bond donors (Lipinski definition) is 1. The number of alkyl halides is 3. The van der Waals surface area contributed by atoms with Crippen molar-refractivity contribution >= 4 is 50.0 Å². The molecule has 0 saturated carbocycles. The number of nitriles is 1. The molecule has 0 amide bonds. The van der Waals surface area contributed by atoms with Crippen molar-refractivity contribution in [2.24, 2.45) is 0 Å². The van der Waals surface area contributed by atoms with Crippen LogP contribution in [0.25, 0.3) is 32.2 Å². The lowest BCUT2D eigenvalue weighted by Crippen LogP contribution is -2.27. The summed E-state index contributed by atoms with van der Waals surface area (Å²) in [5.74, 6) is -1.17. The minimum atomic E-state index is -4.98. The van der Waals surface area contributed by atoms with Crippen molar-refractivity contribution in [3.8, 4) is 28.7 Å². The summed E-state index contributed by atoms with van der Waals surface area (Å²) < 4.78 is 49.9. The summed E-state index contributed by atoms with van der Waals surface area (Å²) in [7, 11) is 0. The number of carboxylic acids is 1. The van der Waals surface area contributed by atoms with Gasteiger partial charge >= 0.3 is 12.3 Å². The minimum absolute atomic E-state index is 0.00470. The lowest BCUT2D eigenvalue weighted by molar-refractivity contribution is -0.274. The predicted molar refractivity (Wildman–Crippen MR) is 145 cm³/mol. The molecule has 3 heterocycles. The molecule has 14 heteroatoms. The van der Waals surface area contributed by atoms with Crippen molar-refractivity contribution in [3.63, 3.8) is 0 Å². The van der Waals surface area contributed by atoms with E-state index in [4.69, 9.17) is 16.3 Å². The first-order valence-electron chi connectivity index (χ1n) is 11.7. The Hall–Kier alpha value is -4.67. The van der Waals surface area contributed by atoms with E-state index in [2.05, 4.69) is 14.7 Å². The quantitative estimate of drug-likeness (QED) is 0.234. The first-order chi connectivity index (χ1) is 19.5. The van der Waals surface area contributed by atoms with Gasteiger partial charge < -0.3 is 14.6 Å². The number of halogens is 4. The fourth-order valence-electron chi connectivity index (χ4n) is 4.36. The SMILES string of the molecule is Cc1nc2cc(OC(F)(F)F)cc(C#N)c2c(=O)n1CCOc1ccc(Cl)cc1-c1ccnc2c(C(=O)O)csc12. The molecule has 0 radical (unpaired) electrons. The third-order valence-electron chi connectivity index (χ3n) is 6.07. The molecule has 0 aliphatic rings. The maximum Gasteiger partial charge on any atom is 0.573 e. The van der Waals surface area contributed by atoms with Gasteiger partial charge in [-0.3, -0.25) is 14.3 Å². The third-order valence-corrected chi connectivity index (χ3v) is 7.30. The molecule has 0 aliphatic carbocycles. The monoisotopic (exact) mass is 600 g/mol. The molecule has 0 fully saturated rings. The molecule has 0 aliphatic heterocycles. The molecular formula is C27H16ClF3N4O5S. The number of carbonyl (C=O) groups is 1. The number of rotatable bonds is 7. The topological polar surface area (TPSA) is 127 Å². The van der Waals surface area contributed by atoms with E-state index in [0.717, 1.165) is 12.1 Å². The molecule has 208 valence electrons. The Kier molecular flexibility index (Phi) is 7.29. The van der Waals surface area contributed by atoms with Crippen molar-refractivity contribution in [1.82, 2.24) is 14.5 Å². The predicted octanol–water partition coefficient (Wildman–Crippen LogP) is 6.18. The van der Waals surface area contributed by atoms with Crippen LogP contribution in [0.4, 0.5) is 13.2 Å². The molecular weight excluding hydrogens is 585 g/mol. The van der Waals surface area contributed by atoms with Crippen LogP contribution in [0.5, 0.6) is 11.5 Å². The minimum Gasteiger partial charge on any atom is -0.491 e. The molecule has 1 N–H and O–H groups in total. The zero-order valence-corrected chi connectivity index (χ0v) is 22.4. The van der Waals surface area contributed by atoms with Crippen molar-refractivity contribution in [3.05, 3.63) is 80.3 Å². The Morgan fingerprint density at radius 1 is 1.22 bits per heavy atom. The second-order valence-corrected chi connectivity index (χ2v) is 9.94. The van der Waals surface area contributed by atoms with Crippen molar-refractivity contribution in [1.29, 1.82) is 5.26 Å². The average Bonchev–Trinajstić information content (AvgIpc) is 3.34. The number of carboxylic acid groups (broad SMARTS) is 1. The zero-order chi connectivity index (χ0) is 29.5. The smallest absolute Gasteiger partial charge is 0.491 e. The van der Waals surface area contributed by atoms with Gasteiger partial charge in [-0.25, -0.2) is 9.78 Å². The normalized spacial score (nSPS) is 11.5. The van der Waals surface area contributed by atoms with Crippen LogP contribution in [0.15, 0.2) is 52.8 Å². The third kappa shape index (κ3) is 5.52. The summed E-state index contributed by atoms with van der Waals surface area (Å²) in [5, 5.41) is 20.7. The Labute approximate surface area is 237 Å². The van der Waals surface area contributed by atoms with Crippen LogP contribution in [0.1, 0.15) is 21.7 Å². The van der Waals surface area contributed by atoms with E-state index in [0.29, 0.717) is 32.1 Å². The van der Waals surface area contributed by atoms with Crippen molar-refractivity contribution in [2.45, 2.75) is 19.8 Å². The number of pyridine rings is 1. The van der Waals surface area contributed by atoms with Crippen LogP contribution in [0, 0.1) is 18.3 Å². The number of thiophene rings is 1. The molecule has 5 aromatic rings. The highest BCUT2D eigenvalue weighted by Crippen LogP contribution is 2.39. The first kappa shape index (κ1) is 27.9. The number of aryl methyl sites for hydroxylation is 1. The molecule has 0 spiro atoms. The first-order valence-corrected chi connectivity index (χ1v) is 13.0. The van der Waals surface area contributed by atoms with Gasteiger partial charge in [0.1, 0.15) is 30.0 Å². The number of aromatic carboxylic acids is 1. The summed E-state index contributed by atoms with van der Waals surface area (Å²) in [6, 6.07) is 10.2. The second-order valence-electron chi connectivity index (χ2n) is 8.62. The molecule has 9 nitrogen and oxygen atoms in total. The van der Waals surface area contributed by atoms with Crippen LogP contribution in [0.3, 0.4) is 0 Å². The highest BCUT2D eigenvalue weighted by atomic mass is 35.5. The number of hydrogen-bond acceptors (Lipinski definition) is 8. The van der Waals surface area contributed by atoms with Crippen LogP contribution in [0.2, 0.25) is 5.02 Å².